The van der Waals surface area contributed by atoms with Gasteiger partial charge in [-0.25, -0.2) is 9.78 Å². The fourth-order valence-corrected chi connectivity index (χ4v) is 3.19. The Kier molecular flexibility index (Phi) is 5.24. The molecule has 2 N–H and O–H groups in total. The van der Waals surface area contributed by atoms with E-state index in [4.69, 9.17) is 4.42 Å². The van der Waals surface area contributed by atoms with Crippen molar-refractivity contribution in [2.24, 2.45) is 0 Å². The molecule has 0 aliphatic rings. The summed E-state index contributed by atoms with van der Waals surface area (Å²) in [6.07, 6.45) is 0. The number of furan rings is 1. The Labute approximate surface area is 135 Å². The summed E-state index contributed by atoms with van der Waals surface area (Å²) in [7, 11) is 0. The van der Waals surface area contributed by atoms with Crippen LogP contribution in [0.1, 0.15) is 53.6 Å². The maximum absolute atomic E-state index is 12.0. The molecular formula is C16H23N3O2S. The van der Waals surface area contributed by atoms with Crippen molar-refractivity contribution < 1.29 is 9.21 Å². The predicted molar refractivity (Wildman–Crippen MR) is 88.4 cm³/mol. The number of thiazole rings is 1. The minimum Gasteiger partial charge on any atom is -0.466 e. The van der Waals surface area contributed by atoms with Gasteiger partial charge in [0.1, 0.15) is 11.5 Å². The van der Waals surface area contributed by atoms with E-state index in [0.717, 1.165) is 27.8 Å². The third-order valence-electron chi connectivity index (χ3n) is 3.52. The lowest BCUT2D eigenvalue weighted by molar-refractivity contribution is 0.237. The van der Waals surface area contributed by atoms with E-state index in [1.807, 2.05) is 39.1 Å². The first-order chi connectivity index (χ1) is 10.4. The van der Waals surface area contributed by atoms with Gasteiger partial charge in [-0.1, -0.05) is 6.92 Å². The lowest BCUT2D eigenvalue weighted by Gasteiger charge is -2.15. The molecule has 0 aromatic carbocycles. The molecule has 2 rings (SSSR count). The van der Waals surface area contributed by atoms with Crippen molar-refractivity contribution in [2.45, 2.75) is 46.6 Å². The molecule has 0 aliphatic heterocycles. The second kappa shape index (κ2) is 6.96. The first-order valence-corrected chi connectivity index (χ1v) is 8.28. The van der Waals surface area contributed by atoms with E-state index in [0.29, 0.717) is 6.54 Å². The van der Waals surface area contributed by atoms with Crippen LogP contribution in [0.2, 0.25) is 0 Å². The number of carbonyl (C=O) groups excluding carboxylic acids is 1. The molecule has 2 unspecified atom stereocenters. The van der Waals surface area contributed by atoms with Crippen molar-refractivity contribution in [3.8, 4) is 0 Å². The van der Waals surface area contributed by atoms with E-state index >= 15 is 0 Å². The number of aryl methyl sites for hydroxylation is 3. The molecule has 0 aliphatic carbocycles. The Morgan fingerprint density at radius 1 is 1.36 bits per heavy atom. The van der Waals surface area contributed by atoms with Crippen LogP contribution in [0.15, 0.2) is 15.9 Å². The van der Waals surface area contributed by atoms with E-state index < -0.39 is 0 Å². The second-order valence-electron chi connectivity index (χ2n) is 5.67. The Morgan fingerprint density at radius 2 is 2.09 bits per heavy atom. The summed E-state index contributed by atoms with van der Waals surface area (Å²) >= 11 is 1.63. The summed E-state index contributed by atoms with van der Waals surface area (Å²) < 4.78 is 5.50. The van der Waals surface area contributed by atoms with Crippen molar-refractivity contribution in [1.29, 1.82) is 0 Å². The molecule has 22 heavy (non-hydrogen) atoms. The van der Waals surface area contributed by atoms with Crippen LogP contribution in [-0.2, 0) is 0 Å². The zero-order valence-electron chi connectivity index (χ0n) is 13.7. The topological polar surface area (TPSA) is 67.2 Å². The van der Waals surface area contributed by atoms with Crippen LogP contribution in [0.5, 0.6) is 0 Å². The Bertz CT molecular complexity index is 648. The van der Waals surface area contributed by atoms with Crippen molar-refractivity contribution in [3.05, 3.63) is 39.2 Å². The summed E-state index contributed by atoms with van der Waals surface area (Å²) in [6, 6.07) is 1.70. The third kappa shape index (κ3) is 4.10. The number of amides is 2. The summed E-state index contributed by atoms with van der Waals surface area (Å²) in [5.74, 6) is 1.91. The fraction of sp³-hybridized carbons (Fsp3) is 0.500. The first-order valence-electron chi connectivity index (χ1n) is 7.40. The number of nitrogens with zero attached hydrogens (tertiary/aromatic N) is 1. The summed E-state index contributed by atoms with van der Waals surface area (Å²) in [4.78, 5) is 16.5. The van der Waals surface area contributed by atoms with Gasteiger partial charge in [-0.15, -0.1) is 11.3 Å². The highest BCUT2D eigenvalue weighted by molar-refractivity contribution is 7.09. The molecule has 2 amide bonds. The number of aromatic nitrogens is 1. The fourth-order valence-electron chi connectivity index (χ4n) is 2.34. The summed E-state index contributed by atoms with van der Waals surface area (Å²) in [5.41, 5.74) is 2.03. The van der Waals surface area contributed by atoms with Gasteiger partial charge in [0.05, 0.1) is 11.0 Å². The van der Waals surface area contributed by atoms with Gasteiger partial charge in [0.15, 0.2) is 0 Å². The van der Waals surface area contributed by atoms with Crippen LogP contribution in [0.25, 0.3) is 0 Å². The SMILES string of the molecule is Cc1csc(C(C)CNC(=O)NC(C)c2cc(C)oc2C)n1. The van der Waals surface area contributed by atoms with Gasteiger partial charge in [-0.2, -0.15) is 0 Å². The number of hydrogen-bond acceptors (Lipinski definition) is 4. The number of urea groups is 1. The maximum atomic E-state index is 12.0. The third-order valence-corrected chi connectivity index (χ3v) is 4.71. The van der Waals surface area contributed by atoms with Crippen LogP contribution in [0.3, 0.4) is 0 Å². The number of carbonyl (C=O) groups is 1. The van der Waals surface area contributed by atoms with Crippen LogP contribution >= 0.6 is 11.3 Å². The highest BCUT2D eigenvalue weighted by atomic mass is 32.1. The van der Waals surface area contributed by atoms with Crippen LogP contribution in [-0.4, -0.2) is 17.6 Å². The summed E-state index contributed by atoms with van der Waals surface area (Å²) in [6.45, 7) is 10.4. The zero-order chi connectivity index (χ0) is 16.3. The van der Waals surface area contributed by atoms with E-state index in [-0.39, 0.29) is 18.0 Å². The molecule has 0 saturated heterocycles. The van der Waals surface area contributed by atoms with Gasteiger partial charge < -0.3 is 15.1 Å². The number of rotatable bonds is 5. The smallest absolute Gasteiger partial charge is 0.315 e. The Hall–Kier alpha value is -1.82. The van der Waals surface area contributed by atoms with Crippen LogP contribution in [0, 0.1) is 20.8 Å². The molecular weight excluding hydrogens is 298 g/mol. The van der Waals surface area contributed by atoms with Gasteiger partial charge in [0.25, 0.3) is 0 Å². The van der Waals surface area contributed by atoms with Crippen LogP contribution < -0.4 is 10.6 Å². The molecule has 0 saturated carbocycles. The highest BCUT2D eigenvalue weighted by Gasteiger charge is 2.16. The average molecular weight is 321 g/mol. The minimum absolute atomic E-state index is 0.0881. The zero-order valence-corrected chi connectivity index (χ0v) is 14.5. The Balaban J connectivity index is 1.84. The number of nitrogens with one attached hydrogen (secondary N) is 2. The first kappa shape index (κ1) is 16.5. The minimum atomic E-state index is -0.175. The number of hydrogen-bond donors (Lipinski definition) is 2. The monoisotopic (exact) mass is 321 g/mol. The summed E-state index contributed by atoms with van der Waals surface area (Å²) in [5, 5.41) is 8.91. The molecule has 2 aromatic rings. The van der Waals surface area contributed by atoms with E-state index in [1.165, 1.54) is 0 Å². The molecule has 2 heterocycles. The average Bonchev–Trinajstić information content (AvgIpc) is 3.01. The quantitative estimate of drug-likeness (QED) is 0.879. The van der Waals surface area contributed by atoms with Crippen molar-refractivity contribution >= 4 is 17.4 Å². The molecule has 0 spiro atoms. The van der Waals surface area contributed by atoms with Gasteiger partial charge in [-0.3, -0.25) is 0 Å². The lowest BCUT2D eigenvalue weighted by atomic mass is 10.1. The molecule has 2 aromatic heterocycles. The van der Waals surface area contributed by atoms with E-state index in [1.54, 1.807) is 11.3 Å². The molecule has 2 atom stereocenters. The van der Waals surface area contributed by atoms with Gasteiger partial charge in [0, 0.05) is 29.1 Å². The standard InChI is InChI=1S/C16H23N3O2S/c1-9(15-18-10(2)8-22-15)7-17-16(20)19-12(4)14-6-11(3)21-13(14)5/h6,8-9,12H,7H2,1-5H3,(H2,17,19,20). The van der Waals surface area contributed by atoms with Crippen molar-refractivity contribution in [1.82, 2.24) is 15.6 Å². The second-order valence-corrected chi connectivity index (χ2v) is 6.56. The molecule has 6 heteroatoms. The molecule has 5 nitrogen and oxygen atoms in total. The molecule has 0 radical (unpaired) electrons. The van der Waals surface area contributed by atoms with E-state index in [2.05, 4.69) is 22.5 Å². The molecule has 120 valence electrons. The Morgan fingerprint density at radius 3 is 2.64 bits per heavy atom. The molecule has 0 fully saturated rings. The van der Waals surface area contributed by atoms with Gasteiger partial charge >= 0.3 is 6.03 Å². The lowest BCUT2D eigenvalue weighted by Crippen LogP contribution is -2.38. The van der Waals surface area contributed by atoms with Crippen molar-refractivity contribution in [3.63, 3.8) is 0 Å². The van der Waals surface area contributed by atoms with Crippen LogP contribution in [0.4, 0.5) is 4.79 Å². The maximum Gasteiger partial charge on any atom is 0.315 e. The predicted octanol–water partition coefficient (Wildman–Crippen LogP) is 3.83. The van der Waals surface area contributed by atoms with Gasteiger partial charge in [-0.05, 0) is 33.8 Å². The van der Waals surface area contributed by atoms with E-state index in [9.17, 15) is 4.79 Å². The highest BCUT2D eigenvalue weighted by Crippen LogP contribution is 2.21. The van der Waals surface area contributed by atoms with Crippen molar-refractivity contribution in [2.75, 3.05) is 6.54 Å². The normalized spacial score (nSPS) is 13.7. The van der Waals surface area contributed by atoms with Gasteiger partial charge in [0.2, 0.25) is 0 Å². The molecule has 0 bridgehead atoms. The largest absolute Gasteiger partial charge is 0.466 e.